The van der Waals surface area contributed by atoms with Gasteiger partial charge in [0.05, 0.1) is 12.0 Å². The Morgan fingerprint density at radius 2 is 2.00 bits per heavy atom. The second-order valence-electron chi connectivity index (χ2n) is 8.72. The van der Waals surface area contributed by atoms with Crippen molar-refractivity contribution in [1.29, 1.82) is 0 Å². The van der Waals surface area contributed by atoms with Gasteiger partial charge < -0.3 is 15.3 Å². The van der Waals surface area contributed by atoms with E-state index in [0.717, 1.165) is 55.5 Å². The quantitative estimate of drug-likeness (QED) is 0.737. The average molecular weight is 426 g/mol. The van der Waals surface area contributed by atoms with Gasteiger partial charge in [0.25, 0.3) is 0 Å². The van der Waals surface area contributed by atoms with Gasteiger partial charge in [-0.15, -0.1) is 0 Å². The monoisotopic (exact) mass is 425 g/mol. The van der Waals surface area contributed by atoms with Gasteiger partial charge in [0.2, 0.25) is 11.8 Å². The first-order valence-corrected chi connectivity index (χ1v) is 11.2. The molecule has 4 rings (SSSR count). The van der Waals surface area contributed by atoms with E-state index in [4.69, 9.17) is 0 Å². The summed E-state index contributed by atoms with van der Waals surface area (Å²) in [5, 5.41) is 17.4. The van der Waals surface area contributed by atoms with Crippen LogP contribution in [-0.2, 0) is 29.1 Å². The molecule has 1 unspecified atom stereocenters. The molecule has 0 saturated heterocycles. The minimum Gasteiger partial charge on any atom is -0.392 e. The van der Waals surface area contributed by atoms with Crippen LogP contribution in [0.3, 0.4) is 0 Å². The van der Waals surface area contributed by atoms with Gasteiger partial charge in [-0.25, -0.2) is 9.67 Å². The zero-order valence-electron chi connectivity index (χ0n) is 18.0. The average Bonchev–Trinajstić information content (AvgIpc) is 3.26. The maximum Gasteiger partial charge on any atom is 0.245 e. The van der Waals surface area contributed by atoms with E-state index in [-0.39, 0.29) is 23.8 Å². The van der Waals surface area contributed by atoms with Crippen molar-refractivity contribution in [3.05, 3.63) is 47.5 Å². The molecule has 1 aliphatic heterocycles. The van der Waals surface area contributed by atoms with Gasteiger partial charge in [-0.3, -0.25) is 9.59 Å². The molecule has 3 atom stereocenters. The Balaban J connectivity index is 1.33. The number of fused-ring (bicyclic) bond motifs is 1. The Morgan fingerprint density at radius 3 is 2.84 bits per heavy atom. The summed E-state index contributed by atoms with van der Waals surface area (Å²) in [5.41, 5.74) is 1.99. The van der Waals surface area contributed by atoms with E-state index in [0.29, 0.717) is 19.5 Å². The largest absolute Gasteiger partial charge is 0.392 e. The smallest absolute Gasteiger partial charge is 0.245 e. The maximum absolute atomic E-state index is 12.8. The van der Waals surface area contributed by atoms with Crippen molar-refractivity contribution in [3.63, 3.8) is 0 Å². The standard InChI is InChI=1S/C23H31N5O3/c1-27(23(31)18-8-2-3-10-20(18)29)14-17-7-4-6-16(12-17)13-24-22(30)19-9-5-11-21-25-15-26-28(19)21/h4,6-7,12,15,18-20,29H,2-3,5,8-11,13-14H2,1H3,(H,24,30)/t18-,19?,20-/m1/s1. The Labute approximate surface area is 182 Å². The third-order valence-electron chi connectivity index (χ3n) is 6.42. The Hall–Kier alpha value is -2.74. The summed E-state index contributed by atoms with van der Waals surface area (Å²) >= 11 is 0. The number of rotatable bonds is 6. The molecule has 2 heterocycles. The van der Waals surface area contributed by atoms with Crippen LogP contribution in [0, 0.1) is 5.92 Å². The number of amides is 2. The van der Waals surface area contributed by atoms with Crippen molar-refractivity contribution in [1.82, 2.24) is 25.0 Å². The number of aromatic nitrogens is 3. The molecular weight excluding hydrogens is 394 g/mol. The van der Waals surface area contributed by atoms with Gasteiger partial charge in [-0.05, 0) is 36.8 Å². The van der Waals surface area contributed by atoms with Crippen LogP contribution in [0.2, 0.25) is 0 Å². The summed E-state index contributed by atoms with van der Waals surface area (Å²) in [7, 11) is 1.79. The minimum absolute atomic E-state index is 0.00633. The van der Waals surface area contributed by atoms with Crippen LogP contribution in [0.25, 0.3) is 0 Å². The van der Waals surface area contributed by atoms with Crippen molar-refractivity contribution >= 4 is 11.8 Å². The molecule has 2 N–H and O–H groups in total. The number of hydrogen-bond acceptors (Lipinski definition) is 5. The predicted octanol–water partition coefficient (Wildman–Crippen LogP) is 1.98. The lowest BCUT2D eigenvalue weighted by Gasteiger charge is -2.30. The van der Waals surface area contributed by atoms with E-state index in [1.54, 1.807) is 16.6 Å². The summed E-state index contributed by atoms with van der Waals surface area (Å²) in [6.07, 6.45) is 6.97. The lowest BCUT2D eigenvalue weighted by Crippen LogP contribution is -2.40. The molecule has 2 amide bonds. The summed E-state index contributed by atoms with van der Waals surface area (Å²) < 4.78 is 1.73. The number of hydrogen-bond donors (Lipinski definition) is 2. The maximum atomic E-state index is 12.8. The van der Waals surface area contributed by atoms with Crippen molar-refractivity contribution in [2.24, 2.45) is 5.92 Å². The van der Waals surface area contributed by atoms with Crippen LogP contribution in [0.1, 0.15) is 61.5 Å². The van der Waals surface area contributed by atoms with Crippen LogP contribution in [-0.4, -0.2) is 49.7 Å². The second-order valence-corrected chi connectivity index (χ2v) is 8.72. The van der Waals surface area contributed by atoms with Gasteiger partial charge >= 0.3 is 0 Å². The number of aliphatic hydroxyl groups is 1. The molecule has 1 aliphatic carbocycles. The van der Waals surface area contributed by atoms with Gasteiger partial charge in [0.1, 0.15) is 18.2 Å². The predicted molar refractivity (Wildman–Crippen MR) is 115 cm³/mol. The number of carbonyl (C=O) groups is 2. The molecule has 1 saturated carbocycles. The molecule has 8 nitrogen and oxygen atoms in total. The molecule has 31 heavy (non-hydrogen) atoms. The first kappa shape index (κ1) is 21.5. The van der Waals surface area contributed by atoms with Crippen LogP contribution in [0.4, 0.5) is 0 Å². The van der Waals surface area contributed by atoms with E-state index in [1.165, 1.54) is 6.33 Å². The first-order chi connectivity index (χ1) is 15.0. The zero-order valence-corrected chi connectivity index (χ0v) is 18.0. The lowest BCUT2D eigenvalue weighted by molar-refractivity contribution is -0.140. The molecule has 1 fully saturated rings. The fraction of sp³-hybridized carbons (Fsp3) is 0.565. The number of carbonyl (C=O) groups excluding carboxylic acids is 2. The first-order valence-electron chi connectivity index (χ1n) is 11.2. The second kappa shape index (κ2) is 9.60. The Morgan fingerprint density at radius 1 is 1.19 bits per heavy atom. The van der Waals surface area contributed by atoms with Crippen molar-refractivity contribution in [2.45, 2.75) is 70.2 Å². The van der Waals surface area contributed by atoms with E-state index in [2.05, 4.69) is 15.4 Å². The number of nitrogens with zero attached hydrogens (tertiary/aromatic N) is 4. The number of aliphatic hydroxyl groups excluding tert-OH is 1. The zero-order chi connectivity index (χ0) is 21.8. The molecule has 0 spiro atoms. The van der Waals surface area contributed by atoms with E-state index >= 15 is 0 Å². The van der Waals surface area contributed by atoms with Gasteiger partial charge in [0, 0.05) is 26.6 Å². The number of benzene rings is 1. The topological polar surface area (TPSA) is 100 Å². The van der Waals surface area contributed by atoms with Crippen LogP contribution >= 0.6 is 0 Å². The number of aryl methyl sites for hydroxylation is 1. The van der Waals surface area contributed by atoms with Crippen LogP contribution in [0.15, 0.2) is 30.6 Å². The molecular formula is C23H31N5O3. The lowest BCUT2D eigenvalue weighted by atomic mass is 9.85. The fourth-order valence-corrected chi connectivity index (χ4v) is 4.71. The highest BCUT2D eigenvalue weighted by Gasteiger charge is 2.31. The van der Waals surface area contributed by atoms with Crippen molar-refractivity contribution < 1.29 is 14.7 Å². The molecule has 1 aromatic heterocycles. The summed E-state index contributed by atoms with van der Waals surface area (Å²) in [4.78, 5) is 31.4. The molecule has 2 aromatic rings. The van der Waals surface area contributed by atoms with E-state index < -0.39 is 6.10 Å². The fourth-order valence-electron chi connectivity index (χ4n) is 4.71. The third-order valence-corrected chi connectivity index (χ3v) is 6.42. The third kappa shape index (κ3) is 4.95. The SMILES string of the molecule is CN(Cc1cccc(CNC(=O)C2CCCc3ncnn32)c1)C(=O)[C@@H]1CCCC[C@H]1O. The molecule has 0 bridgehead atoms. The Kier molecular flexibility index (Phi) is 6.65. The molecule has 8 heteroatoms. The van der Waals surface area contributed by atoms with Gasteiger partial charge in [-0.2, -0.15) is 5.10 Å². The summed E-state index contributed by atoms with van der Waals surface area (Å²) in [6, 6.07) is 7.61. The molecule has 166 valence electrons. The van der Waals surface area contributed by atoms with Crippen molar-refractivity contribution in [2.75, 3.05) is 7.05 Å². The highest BCUT2D eigenvalue weighted by atomic mass is 16.3. The van der Waals surface area contributed by atoms with E-state index in [1.807, 2.05) is 24.3 Å². The van der Waals surface area contributed by atoms with Crippen LogP contribution < -0.4 is 5.32 Å². The summed E-state index contributed by atoms with van der Waals surface area (Å²) in [5.74, 6) is 0.532. The normalized spacial score (nSPS) is 23.1. The molecule has 0 radical (unpaired) electrons. The molecule has 2 aliphatic rings. The summed E-state index contributed by atoms with van der Waals surface area (Å²) in [6.45, 7) is 0.904. The van der Waals surface area contributed by atoms with Crippen LogP contribution in [0.5, 0.6) is 0 Å². The Bertz CT molecular complexity index is 927. The highest BCUT2D eigenvalue weighted by molar-refractivity contribution is 5.80. The minimum atomic E-state index is -0.532. The van der Waals surface area contributed by atoms with Gasteiger partial charge in [0.15, 0.2) is 0 Å². The van der Waals surface area contributed by atoms with Crippen molar-refractivity contribution in [3.8, 4) is 0 Å². The van der Waals surface area contributed by atoms with E-state index in [9.17, 15) is 14.7 Å². The van der Waals surface area contributed by atoms with Gasteiger partial charge in [-0.1, -0.05) is 37.1 Å². The molecule has 1 aromatic carbocycles. The highest BCUT2D eigenvalue weighted by Crippen LogP contribution is 2.26. The number of nitrogens with one attached hydrogen (secondary N) is 1.